The SMILES string of the molecule is C=C(CO)C[C@@H]1C[C@H](O)[C@@H]2O[C@@H]3C[C@]4(C)O[C@@H]5/C=C\C[C@@H]6O[C@H]7[C@H](C/C=C\C[C@H]6O[C@H]5CCC[C@H]4O[C@H]3C[C@H]2O1)O[C@@H]1C[C@@H]2O[C@@H]3CC(=O)O[C@H]3C[C@@H](C)C[C@@]2(C)O[C@H]1C[C@@H]7C. The van der Waals surface area contributed by atoms with Crippen LogP contribution in [0, 0.1) is 11.8 Å². The maximum absolute atomic E-state index is 12.3. The number of aliphatic hydroxyl groups excluding tert-OH is 2. The first-order valence-electron chi connectivity index (χ1n) is 24.2. The highest BCUT2D eigenvalue weighted by molar-refractivity contribution is 5.72. The Balaban J connectivity index is 0.816. The molecule has 0 unspecified atom stereocenters. The molecule has 0 spiro atoms. The molecule has 22 atom stereocenters. The monoisotopic (exact) mass is 868 g/mol. The Labute approximate surface area is 367 Å². The molecule has 10 rings (SSSR count). The third-order valence-electron chi connectivity index (χ3n) is 16.3. The van der Waals surface area contributed by atoms with Crippen molar-refractivity contribution >= 4 is 5.97 Å². The zero-order valence-electron chi connectivity index (χ0n) is 37.3. The number of ether oxygens (including phenoxy) is 10. The zero-order valence-corrected chi connectivity index (χ0v) is 37.3. The first-order chi connectivity index (χ1) is 29.8. The summed E-state index contributed by atoms with van der Waals surface area (Å²) in [5.74, 6) is 0.344. The van der Waals surface area contributed by atoms with E-state index in [1.807, 2.05) is 0 Å². The summed E-state index contributed by atoms with van der Waals surface area (Å²) in [6, 6.07) is 0. The Morgan fingerprint density at radius 3 is 2.24 bits per heavy atom. The molecule has 0 aromatic rings. The number of aliphatic hydroxyl groups is 2. The van der Waals surface area contributed by atoms with Gasteiger partial charge in [-0.1, -0.05) is 44.7 Å². The Morgan fingerprint density at radius 2 is 1.40 bits per heavy atom. The van der Waals surface area contributed by atoms with E-state index in [-0.39, 0.29) is 116 Å². The van der Waals surface area contributed by atoms with E-state index in [2.05, 4.69) is 58.6 Å². The van der Waals surface area contributed by atoms with Gasteiger partial charge in [-0.25, -0.2) is 0 Å². The van der Waals surface area contributed by atoms with Crippen molar-refractivity contribution in [3.63, 3.8) is 0 Å². The van der Waals surface area contributed by atoms with Gasteiger partial charge >= 0.3 is 5.97 Å². The number of carbonyl (C=O) groups excluding carboxylic acids is 1. The molecule has 0 bridgehead atoms. The lowest BCUT2D eigenvalue weighted by atomic mass is 9.78. The van der Waals surface area contributed by atoms with Gasteiger partial charge in [-0.3, -0.25) is 4.79 Å². The molecule has 10 heterocycles. The Hall–Kier alpha value is -1.75. The number of carbonyl (C=O) groups is 1. The van der Waals surface area contributed by atoms with Crippen LogP contribution in [-0.2, 0) is 52.2 Å². The van der Waals surface area contributed by atoms with Crippen molar-refractivity contribution in [3.8, 4) is 0 Å². The summed E-state index contributed by atoms with van der Waals surface area (Å²) < 4.78 is 68.2. The topological polar surface area (TPSA) is 150 Å². The first kappa shape index (κ1) is 44.1. The Bertz CT molecular complexity index is 1690. The van der Waals surface area contributed by atoms with Gasteiger partial charge in [0.15, 0.2) is 0 Å². The summed E-state index contributed by atoms with van der Waals surface area (Å²) in [7, 11) is 0. The van der Waals surface area contributed by atoms with Gasteiger partial charge < -0.3 is 57.6 Å². The quantitative estimate of drug-likeness (QED) is 0.263. The molecule has 8 fully saturated rings. The number of hydrogen-bond acceptors (Lipinski definition) is 13. The zero-order chi connectivity index (χ0) is 42.9. The minimum absolute atomic E-state index is 0.0831. The molecule has 346 valence electrons. The Morgan fingerprint density at radius 1 is 0.677 bits per heavy atom. The number of fused-ring (bicyclic) bond motifs is 9. The molecule has 0 aromatic carbocycles. The minimum atomic E-state index is -0.663. The second-order valence-electron chi connectivity index (χ2n) is 21.3. The van der Waals surface area contributed by atoms with Crippen LogP contribution in [0.4, 0.5) is 0 Å². The van der Waals surface area contributed by atoms with Gasteiger partial charge in [-0.2, -0.15) is 0 Å². The van der Waals surface area contributed by atoms with Crippen molar-refractivity contribution in [2.45, 2.75) is 245 Å². The lowest BCUT2D eigenvalue weighted by Crippen LogP contribution is -2.65. The van der Waals surface area contributed by atoms with Crippen LogP contribution >= 0.6 is 0 Å². The van der Waals surface area contributed by atoms with Crippen LogP contribution in [0.5, 0.6) is 0 Å². The number of esters is 1. The molecule has 62 heavy (non-hydrogen) atoms. The standard InChI is InChI=1S/C49H72O13/c1-26-17-36-39(22-45(52)58-36)57-44-21-38-40(62-48(44,4)23-26)18-28(3)46-35(55-38)11-7-6-10-31-32(59-46)12-8-14-34-33(54-31)13-9-15-43-49(5,61-34)24-42-37(56-43)20-41-47(60-42)30(51)19-29(53-41)16-27(2)25-50/h6-8,14,26,28-44,46-47,50-51H,2,9-13,15-25H2,1,3-5H3/b7-6-,14-8-/t26-,28+,29-,30+,31-,32+,33+,34-,35+,36+,37+,38-,39-,40+,41-,42-,43-,44+,46-,47+,48-,49+/m1/s1. The van der Waals surface area contributed by atoms with Gasteiger partial charge in [-0.15, -0.1) is 0 Å². The normalized spacial score (nSPS) is 53.9. The molecule has 8 saturated heterocycles. The van der Waals surface area contributed by atoms with Crippen LogP contribution in [0.25, 0.3) is 0 Å². The van der Waals surface area contributed by atoms with Crippen LogP contribution in [0.15, 0.2) is 36.5 Å². The molecule has 0 saturated carbocycles. The number of hydrogen-bond donors (Lipinski definition) is 2. The molecule has 13 heteroatoms. The van der Waals surface area contributed by atoms with Gasteiger partial charge in [0.1, 0.15) is 24.4 Å². The molecule has 13 nitrogen and oxygen atoms in total. The van der Waals surface area contributed by atoms with Crippen LogP contribution in [0.1, 0.15) is 124 Å². The molecule has 10 aliphatic rings. The van der Waals surface area contributed by atoms with Crippen molar-refractivity contribution in [1.82, 2.24) is 0 Å². The van der Waals surface area contributed by atoms with E-state index in [1.165, 1.54) is 0 Å². The molecular weight excluding hydrogens is 797 g/mol. The Kier molecular flexibility index (Phi) is 12.7. The summed E-state index contributed by atoms with van der Waals surface area (Å²) in [4.78, 5) is 12.3. The van der Waals surface area contributed by atoms with Gasteiger partial charge in [-0.05, 0) is 95.5 Å². The van der Waals surface area contributed by atoms with E-state index in [9.17, 15) is 15.0 Å². The summed E-state index contributed by atoms with van der Waals surface area (Å²) in [6.45, 7) is 12.7. The van der Waals surface area contributed by atoms with Gasteiger partial charge in [0, 0.05) is 25.7 Å². The fourth-order valence-corrected chi connectivity index (χ4v) is 13.2. The first-order valence-corrected chi connectivity index (χ1v) is 24.2. The molecule has 0 radical (unpaired) electrons. The highest BCUT2D eigenvalue weighted by Crippen LogP contribution is 2.48. The van der Waals surface area contributed by atoms with E-state index in [1.54, 1.807) is 0 Å². The summed E-state index contributed by atoms with van der Waals surface area (Å²) in [5.41, 5.74) is -0.388. The summed E-state index contributed by atoms with van der Waals surface area (Å²) >= 11 is 0. The van der Waals surface area contributed by atoms with Crippen molar-refractivity contribution in [1.29, 1.82) is 0 Å². The third kappa shape index (κ3) is 8.81. The minimum Gasteiger partial charge on any atom is -0.459 e. The van der Waals surface area contributed by atoms with E-state index in [0.717, 1.165) is 51.4 Å². The van der Waals surface area contributed by atoms with E-state index in [4.69, 9.17) is 47.4 Å². The second kappa shape index (κ2) is 17.8. The maximum Gasteiger partial charge on any atom is 0.308 e. The number of rotatable bonds is 3. The fourth-order valence-electron chi connectivity index (χ4n) is 13.2. The molecule has 10 aliphatic heterocycles. The molecule has 2 N–H and O–H groups in total. The maximum atomic E-state index is 12.3. The average molecular weight is 869 g/mol. The lowest BCUT2D eigenvalue weighted by molar-refractivity contribution is -0.316. The smallest absolute Gasteiger partial charge is 0.308 e. The van der Waals surface area contributed by atoms with Gasteiger partial charge in [0.2, 0.25) is 0 Å². The fraction of sp³-hybridized carbons (Fsp3) is 0.857. The van der Waals surface area contributed by atoms with Crippen molar-refractivity contribution in [3.05, 3.63) is 36.5 Å². The van der Waals surface area contributed by atoms with Crippen molar-refractivity contribution in [2.24, 2.45) is 11.8 Å². The molecular formula is C49H72O13. The molecule has 0 aliphatic carbocycles. The predicted octanol–water partition coefficient (Wildman–Crippen LogP) is 5.74. The summed E-state index contributed by atoms with van der Waals surface area (Å²) in [5, 5.41) is 20.7. The molecule has 0 amide bonds. The van der Waals surface area contributed by atoms with Gasteiger partial charge in [0.25, 0.3) is 0 Å². The van der Waals surface area contributed by atoms with E-state index >= 15 is 0 Å². The second-order valence-corrected chi connectivity index (χ2v) is 21.3. The lowest BCUT2D eigenvalue weighted by Gasteiger charge is -2.55. The summed E-state index contributed by atoms with van der Waals surface area (Å²) in [6.07, 6.45) is 15.5. The van der Waals surface area contributed by atoms with Crippen LogP contribution in [0.2, 0.25) is 0 Å². The third-order valence-corrected chi connectivity index (χ3v) is 16.3. The van der Waals surface area contributed by atoms with Crippen molar-refractivity contribution in [2.75, 3.05) is 6.61 Å². The van der Waals surface area contributed by atoms with Crippen LogP contribution in [-0.4, -0.2) is 144 Å². The van der Waals surface area contributed by atoms with Crippen LogP contribution < -0.4 is 0 Å². The van der Waals surface area contributed by atoms with E-state index < -0.39 is 23.4 Å². The highest BCUT2D eigenvalue weighted by atomic mass is 16.6. The van der Waals surface area contributed by atoms with Gasteiger partial charge in [0.05, 0.1) is 110 Å². The average Bonchev–Trinajstić information content (AvgIpc) is 3.52. The highest BCUT2D eigenvalue weighted by Gasteiger charge is 2.57. The predicted molar refractivity (Wildman–Crippen MR) is 225 cm³/mol. The largest absolute Gasteiger partial charge is 0.459 e. The van der Waals surface area contributed by atoms with Crippen LogP contribution in [0.3, 0.4) is 0 Å². The van der Waals surface area contributed by atoms with Crippen molar-refractivity contribution < 1.29 is 62.4 Å². The van der Waals surface area contributed by atoms with E-state index in [0.29, 0.717) is 56.4 Å². The molecule has 0 aromatic heterocycles.